The summed E-state index contributed by atoms with van der Waals surface area (Å²) in [5, 5.41) is 0.648. The lowest BCUT2D eigenvalue weighted by Gasteiger charge is -2.13. The number of ether oxygens (including phenoxy) is 1. The predicted molar refractivity (Wildman–Crippen MR) is 102 cm³/mol. The van der Waals surface area contributed by atoms with Gasteiger partial charge in [-0.15, -0.1) is 0 Å². The Bertz CT molecular complexity index is 658. The lowest BCUT2D eigenvalue weighted by Crippen LogP contribution is -2.29. The molecule has 0 N–H and O–H groups in total. The van der Waals surface area contributed by atoms with Crippen molar-refractivity contribution in [1.82, 2.24) is 4.90 Å². The van der Waals surface area contributed by atoms with Crippen LogP contribution >= 0.6 is 35.6 Å². The Hall–Kier alpha value is -1.37. The number of carbonyl (C=O) groups excluding carboxylic acids is 2. The Kier molecular flexibility index (Phi) is 7.27. The number of halogens is 1. The number of thiocarbonyl (C=S) groups is 1. The molecular formula is C17H18ClNO3S2. The molecule has 0 radical (unpaired) electrons. The molecule has 0 saturated carbocycles. The molecule has 24 heavy (non-hydrogen) atoms. The molecule has 7 heteroatoms. The highest BCUT2D eigenvalue weighted by Crippen LogP contribution is 2.32. The van der Waals surface area contributed by atoms with Crippen molar-refractivity contribution in [1.29, 1.82) is 0 Å². The molecule has 0 unspecified atom stereocenters. The maximum absolute atomic E-state index is 12.4. The molecule has 1 amide bonds. The average molecular weight is 384 g/mol. The van der Waals surface area contributed by atoms with Crippen molar-refractivity contribution in [2.24, 2.45) is 0 Å². The van der Waals surface area contributed by atoms with Crippen LogP contribution in [0.15, 0.2) is 29.2 Å². The van der Waals surface area contributed by atoms with Gasteiger partial charge in [0, 0.05) is 18.0 Å². The predicted octanol–water partition coefficient (Wildman–Crippen LogP) is 4.27. The van der Waals surface area contributed by atoms with Gasteiger partial charge in [-0.1, -0.05) is 54.6 Å². The third-order valence-corrected chi connectivity index (χ3v) is 4.90. The number of amides is 1. The Morgan fingerprint density at radius 2 is 2.08 bits per heavy atom. The quantitative estimate of drug-likeness (QED) is 0.399. The number of carbonyl (C=O) groups is 2. The number of thioether (sulfide) groups is 1. The Balaban J connectivity index is 1.91. The summed E-state index contributed by atoms with van der Waals surface area (Å²) in [6, 6.07) is 7.24. The van der Waals surface area contributed by atoms with E-state index < -0.39 is 0 Å². The first-order valence-electron chi connectivity index (χ1n) is 7.68. The summed E-state index contributed by atoms with van der Waals surface area (Å²) < 4.78 is 5.53. The van der Waals surface area contributed by atoms with Crippen LogP contribution in [0.25, 0.3) is 6.08 Å². The summed E-state index contributed by atoms with van der Waals surface area (Å²) in [6.07, 6.45) is 3.41. The van der Waals surface area contributed by atoms with E-state index in [1.54, 1.807) is 18.2 Å². The number of hydrogen-bond acceptors (Lipinski definition) is 5. The summed E-state index contributed by atoms with van der Waals surface area (Å²) in [5.74, 6) is -0.360. The molecule has 1 heterocycles. The van der Waals surface area contributed by atoms with Gasteiger partial charge >= 0.3 is 5.97 Å². The first kappa shape index (κ1) is 19.0. The summed E-state index contributed by atoms with van der Waals surface area (Å²) in [6.45, 7) is 2.80. The van der Waals surface area contributed by atoms with Crippen molar-refractivity contribution < 1.29 is 14.3 Å². The van der Waals surface area contributed by atoms with Crippen molar-refractivity contribution in [3.8, 4) is 0 Å². The van der Waals surface area contributed by atoms with Gasteiger partial charge in [-0.3, -0.25) is 14.5 Å². The highest BCUT2D eigenvalue weighted by Gasteiger charge is 2.31. The third-order valence-electron chi connectivity index (χ3n) is 3.27. The van der Waals surface area contributed by atoms with Crippen LogP contribution in [0.5, 0.6) is 0 Å². The molecule has 2 rings (SSSR count). The molecule has 0 atom stereocenters. The first-order valence-corrected chi connectivity index (χ1v) is 9.28. The van der Waals surface area contributed by atoms with E-state index in [0.29, 0.717) is 33.8 Å². The van der Waals surface area contributed by atoms with Crippen LogP contribution < -0.4 is 0 Å². The molecule has 4 nitrogen and oxygen atoms in total. The molecule has 128 valence electrons. The molecule has 1 saturated heterocycles. The van der Waals surface area contributed by atoms with E-state index in [-0.39, 0.29) is 18.3 Å². The summed E-state index contributed by atoms with van der Waals surface area (Å²) >= 11 is 12.4. The molecule has 0 aliphatic carbocycles. The van der Waals surface area contributed by atoms with E-state index in [9.17, 15) is 9.59 Å². The highest BCUT2D eigenvalue weighted by atomic mass is 35.5. The summed E-state index contributed by atoms with van der Waals surface area (Å²) in [4.78, 5) is 26.0. The minimum absolute atomic E-state index is 0.123. The van der Waals surface area contributed by atoms with Gasteiger partial charge in [0.2, 0.25) is 0 Å². The number of rotatable bonds is 7. The van der Waals surface area contributed by atoms with Gasteiger partial charge in [-0.25, -0.2) is 0 Å². The molecule has 0 spiro atoms. The van der Waals surface area contributed by atoms with E-state index in [1.165, 1.54) is 16.7 Å². The van der Waals surface area contributed by atoms with Crippen LogP contribution in [-0.2, 0) is 14.3 Å². The molecule has 1 aromatic rings. The largest absolute Gasteiger partial charge is 0.466 e. The zero-order chi connectivity index (χ0) is 17.5. The number of esters is 1. The van der Waals surface area contributed by atoms with Crippen LogP contribution in [0, 0.1) is 0 Å². The Morgan fingerprint density at radius 1 is 1.38 bits per heavy atom. The van der Waals surface area contributed by atoms with Gasteiger partial charge in [0.25, 0.3) is 5.91 Å². The first-order chi connectivity index (χ1) is 11.5. The SMILES string of the molecule is CCCOC(=O)CCCN1C(=O)/C(=C\c2ccc(Cl)cc2)SC1=S. The lowest BCUT2D eigenvalue weighted by molar-refractivity contribution is -0.144. The van der Waals surface area contributed by atoms with Crippen LogP contribution in [-0.4, -0.2) is 34.2 Å². The zero-order valence-corrected chi connectivity index (χ0v) is 15.7. The maximum atomic E-state index is 12.4. The van der Waals surface area contributed by atoms with Crippen LogP contribution in [0.4, 0.5) is 0 Å². The van der Waals surface area contributed by atoms with Gasteiger partial charge in [-0.2, -0.15) is 0 Å². The smallest absolute Gasteiger partial charge is 0.305 e. The molecule has 1 aliphatic heterocycles. The monoisotopic (exact) mass is 383 g/mol. The lowest BCUT2D eigenvalue weighted by atomic mass is 10.2. The summed E-state index contributed by atoms with van der Waals surface area (Å²) in [7, 11) is 0. The Morgan fingerprint density at radius 3 is 2.75 bits per heavy atom. The van der Waals surface area contributed by atoms with E-state index in [4.69, 9.17) is 28.6 Å². The van der Waals surface area contributed by atoms with E-state index in [0.717, 1.165) is 12.0 Å². The fourth-order valence-corrected chi connectivity index (χ4v) is 3.51. The number of hydrogen-bond donors (Lipinski definition) is 0. The second-order valence-electron chi connectivity index (χ2n) is 5.21. The normalized spacial score (nSPS) is 16.1. The minimum atomic E-state index is -0.237. The van der Waals surface area contributed by atoms with Gasteiger partial charge in [0.15, 0.2) is 0 Å². The molecule has 1 fully saturated rings. The van der Waals surface area contributed by atoms with Crippen molar-refractivity contribution in [3.05, 3.63) is 39.8 Å². The zero-order valence-electron chi connectivity index (χ0n) is 13.3. The van der Waals surface area contributed by atoms with Gasteiger partial charge in [0.1, 0.15) is 4.32 Å². The van der Waals surface area contributed by atoms with Crippen molar-refractivity contribution in [2.45, 2.75) is 26.2 Å². The average Bonchev–Trinajstić information content (AvgIpc) is 2.82. The Labute approximate surface area is 156 Å². The van der Waals surface area contributed by atoms with Crippen LogP contribution in [0.1, 0.15) is 31.7 Å². The van der Waals surface area contributed by atoms with Gasteiger partial charge in [0.05, 0.1) is 11.5 Å². The van der Waals surface area contributed by atoms with Crippen molar-refractivity contribution in [3.63, 3.8) is 0 Å². The molecule has 1 aromatic carbocycles. The highest BCUT2D eigenvalue weighted by molar-refractivity contribution is 8.26. The van der Waals surface area contributed by atoms with Gasteiger partial charge < -0.3 is 4.74 Å². The molecular weight excluding hydrogens is 366 g/mol. The number of nitrogens with zero attached hydrogens (tertiary/aromatic N) is 1. The van der Waals surface area contributed by atoms with E-state index in [1.807, 2.05) is 19.1 Å². The second-order valence-corrected chi connectivity index (χ2v) is 7.32. The number of benzene rings is 1. The van der Waals surface area contributed by atoms with Crippen LogP contribution in [0.2, 0.25) is 5.02 Å². The second kappa shape index (κ2) is 9.20. The fourth-order valence-electron chi connectivity index (χ4n) is 2.07. The van der Waals surface area contributed by atoms with E-state index in [2.05, 4.69) is 0 Å². The molecule has 1 aliphatic rings. The van der Waals surface area contributed by atoms with Crippen LogP contribution in [0.3, 0.4) is 0 Å². The molecule has 0 aromatic heterocycles. The topological polar surface area (TPSA) is 46.6 Å². The fraction of sp³-hybridized carbons (Fsp3) is 0.353. The van der Waals surface area contributed by atoms with E-state index >= 15 is 0 Å². The summed E-state index contributed by atoms with van der Waals surface area (Å²) in [5.41, 5.74) is 0.892. The minimum Gasteiger partial charge on any atom is -0.466 e. The van der Waals surface area contributed by atoms with Crippen molar-refractivity contribution >= 4 is 57.9 Å². The standard InChI is InChI=1S/C17H18ClNO3S2/c1-2-10-22-15(20)4-3-9-19-16(21)14(24-17(19)23)11-12-5-7-13(18)8-6-12/h5-8,11H,2-4,9-10H2,1H3/b14-11+. The maximum Gasteiger partial charge on any atom is 0.305 e. The van der Waals surface area contributed by atoms with Gasteiger partial charge in [-0.05, 0) is 36.6 Å². The third kappa shape index (κ3) is 5.33. The van der Waals surface area contributed by atoms with Crippen molar-refractivity contribution in [2.75, 3.05) is 13.2 Å². The molecule has 0 bridgehead atoms.